The van der Waals surface area contributed by atoms with Gasteiger partial charge in [0, 0.05) is 10.7 Å². The molecule has 100 valence electrons. The van der Waals surface area contributed by atoms with Crippen LogP contribution in [0, 0.1) is 0 Å². The summed E-state index contributed by atoms with van der Waals surface area (Å²) in [6.45, 7) is 2.13. The van der Waals surface area contributed by atoms with Crippen molar-refractivity contribution in [3.8, 4) is 5.75 Å². The van der Waals surface area contributed by atoms with Crippen LogP contribution >= 0.6 is 10.7 Å². The second kappa shape index (κ2) is 6.06. The number of ether oxygens (including phenoxy) is 2. The SMILES string of the molecule is CCCOc1c(C(=O)OC)cccc1S(=O)(=O)Cl. The molecule has 0 aliphatic carbocycles. The Morgan fingerprint density at radius 2 is 2.06 bits per heavy atom. The lowest BCUT2D eigenvalue weighted by Crippen LogP contribution is -2.09. The van der Waals surface area contributed by atoms with Crippen molar-refractivity contribution in [2.24, 2.45) is 0 Å². The van der Waals surface area contributed by atoms with Crippen LogP contribution in [0.2, 0.25) is 0 Å². The highest BCUT2D eigenvalue weighted by molar-refractivity contribution is 8.13. The number of esters is 1. The molecule has 0 heterocycles. The molecule has 0 aliphatic rings. The topological polar surface area (TPSA) is 69.7 Å². The van der Waals surface area contributed by atoms with Crippen LogP contribution in [-0.2, 0) is 13.8 Å². The third kappa shape index (κ3) is 3.36. The van der Waals surface area contributed by atoms with Crippen LogP contribution in [0.1, 0.15) is 23.7 Å². The number of hydrogen-bond donors (Lipinski definition) is 0. The zero-order chi connectivity index (χ0) is 13.8. The van der Waals surface area contributed by atoms with Gasteiger partial charge in [-0.1, -0.05) is 13.0 Å². The van der Waals surface area contributed by atoms with Crippen molar-refractivity contribution >= 4 is 25.7 Å². The van der Waals surface area contributed by atoms with Crippen LogP contribution in [0.4, 0.5) is 0 Å². The molecule has 0 aromatic heterocycles. The maximum absolute atomic E-state index is 11.5. The maximum atomic E-state index is 11.5. The lowest BCUT2D eigenvalue weighted by Gasteiger charge is -2.12. The Labute approximate surface area is 110 Å². The Kier molecular flexibility index (Phi) is 4.98. The van der Waals surface area contributed by atoms with Crippen molar-refractivity contribution in [1.29, 1.82) is 0 Å². The van der Waals surface area contributed by atoms with Gasteiger partial charge in [0.1, 0.15) is 10.5 Å². The lowest BCUT2D eigenvalue weighted by molar-refractivity contribution is 0.0595. The highest BCUT2D eigenvalue weighted by atomic mass is 35.7. The minimum atomic E-state index is -3.99. The Hall–Kier alpha value is -1.27. The Morgan fingerprint density at radius 1 is 1.39 bits per heavy atom. The van der Waals surface area contributed by atoms with Gasteiger partial charge in [0.25, 0.3) is 9.05 Å². The summed E-state index contributed by atoms with van der Waals surface area (Å²) in [5, 5.41) is 0. The number of hydrogen-bond acceptors (Lipinski definition) is 5. The van der Waals surface area contributed by atoms with Gasteiger partial charge < -0.3 is 9.47 Å². The summed E-state index contributed by atoms with van der Waals surface area (Å²) in [7, 11) is 2.52. The third-order valence-electron chi connectivity index (χ3n) is 2.10. The first-order valence-corrected chi connectivity index (χ1v) is 7.51. The molecule has 0 saturated carbocycles. The molecular weight excluding hydrogens is 280 g/mol. The number of carbonyl (C=O) groups is 1. The van der Waals surface area contributed by atoms with E-state index in [-0.39, 0.29) is 22.8 Å². The molecule has 0 atom stereocenters. The fraction of sp³-hybridized carbons (Fsp3) is 0.364. The molecule has 5 nitrogen and oxygen atoms in total. The second-order valence-electron chi connectivity index (χ2n) is 3.41. The number of benzene rings is 1. The fourth-order valence-corrected chi connectivity index (χ4v) is 2.33. The average molecular weight is 293 g/mol. The monoisotopic (exact) mass is 292 g/mol. The molecule has 0 N–H and O–H groups in total. The molecule has 0 bridgehead atoms. The van der Waals surface area contributed by atoms with Gasteiger partial charge in [-0.15, -0.1) is 0 Å². The number of para-hydroxylation sites is 1. The summed E-state index contributed by atoms with van der Waals surface area (Å²) < 4.78 is 32.7. The Morgan fingerprint density at radius 3 is 2.56 bits per heavy atom. The minimum absolute atomic E-state index is 0.0349. The van der Waals surface area contributed by atoms with E-state index in [0.717, 1.165) is 0 Å². The van der Waals surface area contributed by atoms with E-state index in [1.54, 1.807) is 0 Å². The van der Waals surface area contributed by atoms with Gasteiger partial charge in [-0.3, -0.25) is 0 Å². The summed E-state index contributed by atoms with van der Waals surface area (Å²) in [4.78, 5) is 11.3. The second-order valence-corrected chi connectivity index (χ2v) is 5.95. The van der Waals surface area contributed by atoms with E-state index >= 15 is 0 Å². The van der Waals surface area contributed by atoms with Crippen LogP contribution in [0.25, 0.3) is 0 Å². The van der Waals surface area contributed by atoms with Crippen LogP contribution < -0.4 is 4.74 Å². The van der Waals surface area contributed by atoms with E-state index in [1.165, 1.54) is 25.3 Å². The van der Waals surface area contributed by atoms with Gasteiger partial charge >= 0.3 is 5.97 Å². The molecular formula is C11H13ClO5S. The van der Waals surface area contributed by atoms with Gasteiger partial charge in [0.05, 0.1) is 13.7 Å². The quantitative estimate of drug-likeness (QED) is 0.614. The maximum Gasteiger partial charge on any atom is 0.341 e. The molecule has 0 aliphatic heterocycles. The van der Waals surface area contributed by atoms with Gasteiger partial charge in [-0.2, -0.15) is 0 Å². The fourth-order valence-electron chi connectivity index (χ4n) is 1.33. The van der Waals surface area contributed by atoms with Gasteiger partial charge in [0.15, 0.2) is 5.75 Å². The van der Waals surface area contributed by atoms with Crippen molar-refractivity contribution in [3.63, 3.8) is 0 Å². The first-order valence-electron chi connectivity index (χ1n) is 5.20. The van der Waals surface area contributed by atoms with Gasteiger partial charge in [-0.05, 0) is 18.6 Å². The summed E-state index contributed by atoms with van der Waals surface area (Å²) in [5.41, 5.74) is 0.0349. The van der Waals surface area contributed by atoms with Crippen LogP contribution in [0.5, 0.6) is 5.75 Å². The van der Waals surface area contributed by atoms with E-state index in [2.05, 4.69) is 4.74 Å². The molecule has 7 heteroatoms. The van der Waals surface area contributed by atoms with Crippen molar-refractivity contribution in [2.45, 2.75) is 18.2 Å². The third-order valence-corrected chi connectivity index (χ3v) is 3.44. The standard InChI is InChI=1S/C11H13ClO5S/c1-3-7-17-10-8(11(13)16-2)5-4-6-9(10)18(12,14)15/h4-6H,3,7H2,1-2H3. The summed E-state index contributed by atoms with van der Waals surface area (Å²) in [5.74, 6) is -0.746. The number of methoxy groups -OCH3 is 1. The molecule has 0 saturated heterocycles. The Bertz CT molecular complexity index is 538. The predicted octanol–water partition coefficient (Wildman–Crippen LogP) is 2.19. The first kappa shape index (κ1) is 14.8. The van der Waals surface area contributed by atoms with Crippen molar-refractivity contribution in [1.82, 2.24) is 0 Å². The molecule has 1 aromatic rings. The highest BCUT2D eigenvalue weighted by Gasteiger charge is 2.23. The molecule has 0 fully saturated rings. The minimum Gasteiger partial charge on any atom is -0.491 e. The zero-order valence-electron chi connectivity index (χ0n) is 9.97. The molecule has 0 unspecified atom stereocenters. The van der Waals surface area contributed by atoms with Gasteiger partial charge in [0.2, 0.25) is 0 Å². The smallest absolute Gasteiger partial charge is 0.341 e. The number of carbonyl (C=O) groups excluding carboxylic acids is 1. The van der Waals surface area contributed by atoms with Crippen molar-refractivity contribution < 1.29 is 22.7 Å². The first-order chi connectivity index (χ1) is 8.41. The van der Waals surface area contributed by atoms with E-state index in [1.807, 2.05) is 6.92 Å². The van der Waals surface area contributed by atoms with Crippen molar-refractivity contribution in [3.05, 3.63) is 23.8 Å². The highest BCUT2D eigenvalue weighted by Crippen LogP contribution is 2.31. The average Bonchev–Trinajstić information content (AvgIpc) is 2.33. The summed E-state index contributed by atoms with van der Waals surface area (Å²) in [6, 6.07) is 4.10. The Balaban J connectivity index is 3.39. The lowest BCUT2D eigenvalue weighted by atomic mass is 10.2. The molecule has 0 radical (unpaired) electrons. The van der Waals surface area contributed by atoms with Crippen LogP contribution in [-0.4, -0.2) is 28.1 Å². The normalized spacial score (nSPS) is 11.1. The summed E-state index contributed by atoms with van der Waals surface area (Å²) >= 11 is 0. The summed E-state index contributed by atoms with van der Waals surface area (Å²) in [6.07, 6.45) is 0.664. The van der Waals surface area contributed by atoms with Gasteiger partial charge in [-0.25, -0.2) is 13.2 Å². The van der Waals surface area contributed by atoms with E-state index in [0.29, 0.717) is 6.42 Å². The van der Waals surface area contributed by atoms with Crippen molar-refractivity contribution in [2.75, 3.05) is 13.7 Å². The molecule has 0 spiro atoms. The zero-order valence-corrected chi connectivity index (χ0v) is 11.5. The van der Waals surface area contributed by atoms with E-state index < -0.39 is 15.0 Å². The largest absolute Gasteiger partial charge is 0.491 e. The van der Waals surface area contributed by atoms with Crippen LogP contribution in [0.3, 0.4) is 0 Å². The van der Waals surface area contributed by atoms with E-state index in [9.17, 15) is 13.2 Å². The molecule has 1 rings (SSSR count). The molecule has 18 heavy (non-hydrogen) atoms. The van der Waals surface area contributed by atoms with Crippen LogP contribution in [0.15, 0.2) is 23.1 Å². The predicted molar refractivity (Wildman–Crippen MR) is 66.6 cm³/mol. The molecule has 0 amide bonds. The number of rotatable bonds is 5. The molecule has 1 aromatic carbocycles. The van der Waals surface area contributed by atoms with E-state index in [4.69, 9.17) is 15.4 Å². The number of halogens is 1.